The highest BCUT2D eigenvalue weighted by Crippen LogP contribution is 2.47. The number of aromatic hydroxyl groups is 1. The van der Waals surface area contributed by atoms with Crippen LogP contribution in [0.1, 0.15) is 22.3 Å². The predicted octanol–water partition coefficient (Wildman–Crippen LogP) is -0.817. The monoisotopic (exact) mass is 371 g/mol. The molecule has 8 heteroatoms. The van der Waals surface area contributed by atoms with E-state index in [-0.39, 0.29) is 24.2 Å². The lowest BCUT2D eigenvalue weighted by Crippen LogP contribution is -2.61. The third-order valence-corrected chi connectivity index (χ3v) is 6.09. The fourth-order valence-corrected chi connectivity index (χ4v) is 4.92. The van der Waals surface area contributed by atoms with Gasteiger partial charge < -0.3 is 15.9 Å². The van der Waals surface area contributed by atoms with Crippen LogP contribution in [0, 0.1) is 29.6 Å². The van der Waals surface area contributed by atoms with Gasteiger partial charge in [0.05, 0.1) is 23.5 Å². The van der Waals surface area contributed by atoms with E-state index in [0.29, 0.717) is 5.56 Å². The van der Waals surface area contributed by atoms with Crippen LogP contribution in [-0.2, 0) is 25.6 Å². The van der Waals surface area contributed by atoms with E-state index in [4.69, 9.17) is 5.73 Å². The number of carbonyl (C=O) groups is 5. The summed E-state index contributed by atoms with van der Waals surface area (Å²) in [7, 11) is 0. The molecule has 3 aliphatic rings. The van der Waals surface area contributed by atoms with Crippen LogP contribution in [0.25, 0.3) is 0 Å². The molecule has 0 saturated heterocycles. The number of benzene rings is 1. The molecule has 0 heterocycles. The predicted molar refractivity (Wildman–Crippen MR) is 88.4 cm³/mol. The van der Waals surface area contributed by atoms with Crippen molar-refractivity contribution in [3.8, 4) is 5.75 Å². The SMILES string of the molecule is NC(=O)C1C(=O)C[C@@H]2C(C1=O)C(=O)C1C(=O)c3c(O)cccc3CC1[C@H]2O. The summed E-state index contributed by atoms with van der Waals surface area (Å²) in [4.78, 5) is 62.3. The highest BCUT2D eigenvalue weighted by molar-refractivity contribution is 6.27. The maximum absolute atomic E-state index is 13.1. The zero-order valence-corrected chi connectivity index (χ0v) is 14.1. The van der Waals surface area contributed by atoms with E-state index in [0.717, 1.165) is 0 Å². The molecule has 3 aliphatic carbocycles. The van der Waals surface area contributed by atoms with Crippen molar-refractivity contribution in [1.29, 1.82) is 0 Å². The van der Waals surface area contributed by atoms with Gasteiger partial charge in [0, 0.05) is 18.3 Å². The normalized spacial score (nSPS) is 35.3. The smallest absolute Gasteiger partial charge is 0.235 e. The average molecular weight is 371 g/mol. The van der Waals surface area contributed by atoms with E-state index in [1.54, 1.807) is 12.1 Å². The molecule has 8 nitrogen and oxygen atoms in total. The van der Waals surface area contributed by atoms with Gasteiger partial charge in [-0.3, -0.25) is 24.0 Å². The van der Waals surface area contributed by atoms with Gasteiger partial charge in [0.1, 0.15) is 5.75 Å². The summed E-state index contributed by atoms with van der Waals surface area (Å²) in [5.41, 5.74) is 5.66. The number of amides is 1. The van der Waals surface area contributed by atoms with Gasteiger partial charge in [0.2, 0.25) is 5.91 Å². The van der Waals surface area contributed by atoms with E-state index in [1.807, 2.05) is 0 Å². The number of Topliss-reactive ketones (excluding diaryl/α,β-unsaturated/α-hetero) is 4. The molecule has 0 aromatic heterocycles. The van der Waals surface area contributed by atoms with E-state index in [2.05, 4.69) is 0 Å². The quantitative estimate of drug-likeness (QED) is 0.546. The van der Waals surface area contributed by atoms with E-state index in [9.17, 15) is 34.2 Å². The molecule has 2 saturated carbocycles. The van der Waals surface area contributed by atoms with Crippen molar-refractivity contribution in [2.45, 2.75) is 18.9 Å². The molecule has 0 bridgehead atoms. The van der Waals surface area contributed by atoms with Gasteiger partial charge in [-0.2, -0.15) is 0 Å². The number of carbonyl (C=O) groups excluding carboxylic acids is 5. The Morgan fingerprint density at radius 1 is 1.00 bits per heavy atom. The second-order valence-electron chi connectivity index (χ2n) is 7.46. The van der Waals surface area contributed by atoms with Crippen molar-refractivity contribution < 1.29 is 34.2 Å². The lowest BCUT2D eigenvalue weighted by molar-refractivity contribution is -0.160. The van der Waals surface area contributed by atoms with Crippen molar-refractivity contribution in [3.63, 3.8) is 0 Å². The number of phenols is 1. The number of phenolic OH excluding ortho intramolecular Hbond substituents is 1. The third kappa shape index (κ3) is 2.29. The summed E-state index contributed by atoms with van der Waals surface area (Å²) in [6.45, 7) is 0. The van der Waals surface area contributed by atoms with Gasteiger partial charge in [-0.05, 0) is 18.1 Å². The molecule has 0 radical (unpaired) electrons. The first-order valence-corrected chi connectivity index (χ1v) is 8.66. The van der Waals surface area contributed by atoms with Crippen molar-refractivity contribution in [1.82, 2.24) is 0 Å². The van der Waals surface area contributed by atoms with Crippen molar-refractivity contribution in [2.75, 3.05) is 0 Å². The Morgan fingerprint density at radius 2 is 1.67 bits per heavy atom. The van der Waals surface area contributed by atoms with Crippen LogP contribution in [0.5, 0.6) is 5.75 Å². The summed E-state index contributed by atoms with van der Waals surface area (Å²) in [6.07, 6.45) is -1.39. The third-order valence-electron chi connectivity index (χ3n) is 6.09. The van der Waals surface area contributed by atoms with Crippen LogP contribution >= 0.6 is 0 Å². The van der Waals surface area contributed by atoms with Gasteiger partial charge in [-0.25, -0.2) is 0 Å². The largest absolute Gasteiger partial charge is 0.507 e. The molecule has 4 unspecified atom stereocenters. The zero-order chi connectivity index (χ0) is 19.6. The Hall–Kier alpha value is -2.87. The Morgan fingerprint density at radius 3 is 2.33 bits per heavy atom. The van der Waals surface area contributed by atoms with Crippen molar-refractivity contribution in [3.05, 3.63) is 29.3 Å². The fourth-order valence-electron chi connectivity index (χ4n) is 4.92. The fraction of sp³-hybridized carbons (Fsp3) is 0.421. The van der Waals surface area contributed by atoms with Crippen LogP contribution in [0.2, 0.25) is 0 Å². The lowest BCUT2D eigenvalue weighted by Gasteiger charge is -2.47. The minimum Gasteiger partial charge on any atom is -0.507 e. The van der Waals surface area contributed by atoms with Gasteiger partial charge in [-0.1, -0.05) is 12.1 Å². The van der Waals surface area contributed by atoms with Crippen molar-refractivity contribution >= 4 is 29.0 Å². The maximum Gasteiger partial charge on any atom is 0.235 e. The molecular formula is C19H17NO7. The second kappa shape index (κ2) is 5.82. The van der Waals surface area contributed by atoms with Gasteiger partial charge >= 0.3 is 0 Å². The molecule has 4 rings (SSSR count). The van der Waals surface area contributed by atoms with Gasteiger partial charge in [0.25, 0.3) is 0 Å². The average Bonchev–Trinajstić information content (AvgIpc) is 2.58. The number of fused-ring (bicyclic) bond motifs is 3. The van der Waals surface area contributed by atoms with Crippen LogP contribution < -0.4 is 5.73 Å². The number of hydrogen-bond donors (Lipinski definition) is 3. The Bertz CT molecular complexity index is 921. The molecule has 1 amide bonds. The lowest BCUT2D eigenvalue weighted by atomic mass is 9.55. The highest BCUT2D eigenvalue weighted by Gasteiger charge is 2.60. The van der Waals surface area contributed by atoms with Crippen LogP contribution in [0.4, 0.5) is 0 Å². The van der Waals surface area contributed by atoms with E-state index >= 15 is 0 Å². The highest BCUT2D eigenvalue weighted by atomic mass is 16.3. The van der Waals surface area contributed by atoms with Gasteiger partial charge in [-0.15, -0.1) is 0 Å². The molecule has 0 aliphatic heterocycles. The summed E-state index contributed by atoms with van der Waals surface area (Å²) in [5, 5.41) is 20.8. The standard InChI is InChI=1S/C19H17NO7/c20-19(27)14-10(22)5-8-13(18(14)26)17(25)12-7(15(8)23)4-6-2-1-3-9(21)11(6)16(12)24/h1-3,7-8,12-15,21,23H,4-5H2,(H2,20,27)/t7?,8-,12?,13?,14?,15-/m1/s1. The summed E-state index contributed by atoms with van der Waals surface area (Å²) in [6, 6.07) is 4.52. The summed E-state index contributed by atoms with van der Waals surface area (Å²) < 4.78 is 0. The zero-order valence-electron chi connectivity index (χ0n) is 14.1. The number of aliphatic hydroxyl groups is 1. The Kier molecular flexibility index (Phi) is 3.78. The van der Waals surface area contributed by atoms with Crippen LogP contribution in [0.3, 0.4) is 0 Å². The Labute approximate surface area is 153 Å². The molecular weight excluding hydrogens is 354 g/mol. The molecule has 27 heavy (non-hydrogen) atoms. The number of primary amides is 1. The topological polar surface area (TPSA) is 152 Å². The molecule has 1 aromatic carbocycles. The first-order valence-electron chi connectivity index (χ1n) is 8.66. The van der Waals surface area contributed by atoms with Crippen LogP contribution in [0.15, 0.2) is 18.2 Å². The number of rotatable bonds is 1. The molecule has 2 fully saturated rings. The molecule has 4 N–H and O–H groups in total. The molecule has 1 aromatic rings. The first kappa shape index (κ1) is 17.5. The first-order chi connectivity index (χ1) is 12.7. The minimum absolute atomic E-state index is 0.0172. The van der Waals surface area contributed by atoms with Crippen molar-refractivity contribution in [2.24, 2.45) is 35.3 Å². The molecule has 140 valence electrons. The van der Waals surface area contributed by atoms with Gasteiger partial charge in [0.15, 0.2) is 29.1 Å². The van der Waals surface area contributed by atoms with E-state index < -0.39 is 64.7 Å². The summed E-state index contributed by atoms with van der Waals surface area (Å²) in [5.74, 6) is -10.6. The second-order valence-corrected chi connectivity index (χ2v) is 7.46. The number of aliphatic hydroxyl groups excluding tert-OH is 1. The molecule has 6 atom stereocenters. The number of nitrogens with two attached hydrogens (primary N) is 1. The summed E-state index contributed by atoms with van der Waals surface area (Å²) >= 11 is 0. The molecule has 0 spiro atoms. The minimum atomic E-state index is -1.72. The van der Waals surface area contributed by atoms with Crippen LogP contribution in [-0.4, -0.2) is 45.4 Å². The number of hydrogen-bond acceptors (Lipinski definition) is 7. The maximum atomic E-state index is 13.1. The Balaban J connectivity index is 1.80. The van der Waals surface area contributed by atoms with E-state index in [1.165, 1.54) is 6.07 Å². The number of ketones is 4.